The monoisotopic (exact) mass is 434 g/mol. The molecule has 0 bridgehead atoms. The quantitative estimate of drug-likeness (QED) is 0.248. The highest BCUT2D eigenvalue weighted by molar-refractivity contribution is 14.0. The molecule has 128 valence electrons. The number of nitrogens with zero attached hydrogens (tertiary/aromatic N) is 3. The van der Waals surface area contributed by atoms with Crippen LogP contribution in [0.25, 0.3) is 0 Å². The van der Waals surface area contributed by atoms with Crippen LogP contribution < -0.4 is 16.0 Å². The average Bonchev–Trinajstić information content (AvgIpc) is 3.12. The maximum absolute atomic E-state index is 11.4. The van der Waals surface area contributed by atoms with Crippen molar-refractivity contribution in [1.82, 2.24) is 25.4 Å². The topological polar surface area (TPSA) is 90.8 Å². The zero-order chi connectivity index (χ0) is 15.8. The number of hydrogen-bond acceptors (Lipinski definition) is 3. The molecule has 0 radical (unpaired) electrons. The molecule has 1 aliphatic heterocycles. The van der Waals surface area contributed by atoms with Gasteiger partial charge in [0.15, 0.2) is 5.96 Å². The molecular formula is C14H23IN6O2. The minimum absolute atomic E-state index is 0. The summed E-state index contributed by atoms with van der Waals surface area (Å²) in [6.45, 7) is 5.06. The molecule has 1 saturated heterocycles. The van der Waals surface area contributed by atoms with Gasteiger partial charge in [0.05, 0.1) is 19.6 Å². The molecule has 1 aromatic rings. The summed E-state index contributed by atoms with van der Waals surface area (Å²) in [5, 5.41) is 8.84. The lowest BCUT2D eigenvalue weighted by molar-refractivity contribution is -0.124. The molecule has 9 heteroatoms. The lowest BCUT2D eigenvalue weighted by atomic mass is 10.5. The molecule has 2 rings (SSSR count). The van der Waals surface area contributed by atoms with Gasteiger partial charge in [-0.1, -0.05) is 0 Å². The Balaban J connectivity index is 0.00000264. The van der Waals surface area contributed by atoms with Gasteiger partial charge < -0.3 is 20.5 Å². The van der Waals surface area contributed by atoms with Crippen molar-refractivity contribution in [2.75, 3.05) is 32.7 Å². The third kappa shape index (κ3) is 6.08. The summed E-state index contributed by atoms with van der Waals surface area (Å²) < 4.78 is 2.07. The molecule has 3 amide bonds. The van der Waals surface area contributed by atoms with Gasteiger partial charge in [0, 0.05) is 32.0 Å². The molecule has 0 unspecified atom stereocenters. The molecule has 0 aliphatic carbocycles. The number of guanidine groups is 1. The summed E-state index contributed by atoms with van der Waals surface area (Å²) in [5.41, 5.74) is 0. The first kappa shape index (κ1) is 19.3. The lowest BCUT2D eigenvalue weighted by Gasteiger charge is -2.13. The van der Waals surface area contributed by atoms with E-state index >= 15 is 0 Å². The van der Waals surface area contributed by atoms with Gasteiger partial charge in [-0.15, -0.1) is 24.0 Å². The van der Waals surface area contributed by atoms with E-state index in [4.69, 9.17) is 0 Å². The smallest absolute Gasteiger partial charge is 0.324 e. The maximum Gasteiger partial charge on any atom is 0.324 e. The van der Waals surface area contributed by atoms with E-state index in [0.717, 1.165) is 19.6 Å². The third-order valence-electron chi connectivity index (χ3n) is 3.20. The lowest BCUT2D eigenvalue weighted by Crippen LogP contribution is -2.40. The predicted octanol–water partition coefficient (Wildman–Crippen LogP) is 0.213. The molecule has 0 spiro atoms. The molecule has 2 heterocycles. The second kappa shape index (κ2) is 10.1. The van der Waals surface area contributed by atoms with Crippen molar-refractivity contribution in [3.8, 4) is 0 Å². The Morgan fingerprint density at radius 3 is 2.61 bits per heavy atom. The number of amides is 3. The van der Waals surface area contributed by atoms with Gasteiger partial charge >= 0.3 is 6.03 Å². The maximum atomic E-state index is 11.4. The molecular weight excluding hydrogens is 411 g/mol. The first-order valence-corrected chi connectivity index (χ1v) is 7.42. The van der Waals surface area contributed by atoms with E-state index in [1.165, 1.54) is 4.90 Å². The van der Waals surface area contributed by atoms with Crippen LogP contribution in [-0.4, -0.2) is 60.1 Å². The van der Waals surface area contributed by atoms with Gasteiger partial charge in [-0.3, -0.25) is 14.7 Å². The fourth-order valence-corrected chi connectivity index (χ4v) is 2.11. The SMILES string of the molecule is CCNC(=NCCN1C(=O)CNC1=O)NCCn1cccc1.I. The summed E-state index contributed by atoms with van der Waals surface area (Å²) in [7, 11) is 0. The van der Waals surface area contributed by atoms with Crippen molar-refractivity contribution < 1.29 is 9.59 Å². The van der Waals surface area contributed by atoms with E-state index < -0.39 is 0 Å². The highest BCUT2D eigenvalue weighted by Crippen LogP contribution is 1.97. The van der Waals surface area contributed by atoms with Crippen LogP contribution in [0.3, 0.4) is 0 Å². The van der Waals surface area contributed by atoms with E-state index in [9.17, 15) is 9.59 Å². The minimum Gasteiger partial charge on any atom is -0.357 e. The summed E-state index contributed by atoms with van der Waals surface area (Å²) >= 11 is 0. The van der Waals surface area contributed by atoms with E-state index in [0.29, 0.717) is 19.0 Å². The second-order valence-electron chi connectivity index (χ2n) is 4.81. The summed E-state index contributed by atoms with van der Waals surface area (Å²) in [4.78, 5) is 28.4. The normalized spacial score (nSPS) is 14.5. The zero-order valence-electron chi connectivity index (χ0n) is 13.1. The first-order valence-electron chi connectivity index (χ1n) is 7.42. The van der Waals surface area contributed by atoms with Gasteiger partial charge in [0.2, 0.25) is 5.91 Å². The van der Waals surface area contributed by atoms with Crippen LogP contribution in [0.1, 0.15) is 6.92 Å². The van der Waals surface area contributed by atoms with Gasteiger partial charge in [0.25, 0.3) is 0 Å². The predicted molar refractivity (Wildman–Crippen MR) is 98.9 cm³/mol. The zero-order valence-corrected chi connectivity index (χ0v) is 15.4. The molecule has 0 atom stereocenters. The van der Waals surface area contributed by atoms with Crippen molar-refractivity contribution in [2.45, 2.75) is 13.5 Å². The number of carbonyl (C=O) groups is 2. The highest BCUT2D eigenvalue weighted by atomic mass is 127. The number of urea groups is 1. The largest absolute Gasteiger partial charge is 0.357 e. The number of nitrogens with one attached hydrogen (secondary N) is 3. The van der Waals surface area contributed by atoms with Crippen LogP contribution in [0.4, 0.5) is 4.79 Å². The fourth-order valence-electron chi connectivity index (χ4n) is 2.11. The van der Waals surface area contributed by atoms with Crippen molar-refractivity contribution in [1.29, 1.82) is 0 Å². The second-order valence-corrected chi connectivity index (χ2v) is 4.81. The Hall–Kier alpha value is -1.78. The van der Waals surface area contributed by atoms with Gasteiger partial charge in [0.1, 0.15) is 0 Å². The minimum atomic E-state index is -0.342. The molecule has 0 saturated carbocycles. The number of imide groups is 1. The van der Waals surface area contributed by atoms with Crippen molar-refractivity contribution in [2.24, 2.45) is 4.99 Å². The number of rotatable bonds is 7. The molecule has 8 nitrogen and oxygen atoms in total. The van der Waals surface area contributed by atoms with Gasteiger partial charge in [-0.25, -0.2) is 4.79 Å². The molecule has 1 aliphatic rings. The first-order chi connectivity index (χ1) is 10.7. The van der Waals surface area contributed by atoms with Crippen LogP contribution in [0.2, 0.25) is 0 Å². The fraction of sp³-hybridized carbons (Fsp3) is 0.500. The van der Waals surface area contributed by atoms with Crippen molar-refractivity contribution >= 4 is 41.9 Å². The van der Waals surface area contributed by atoms with Crippen molar-refractivity contribution in [3.05, 3.63) is 24.5 Å². The molecule has 1 aromatic heterocycles. The van der Waals surface area contributed by atoms with E-state index in [1.54, 1.807) is 0 Å². The van der Waals surface area contributed by atoms with E-state index in [2.05, 4.69) is 25.5 Å². The van der Waals surface area contributed by atoms with Gasteiger partial charge in [-0.05, 0) is 19.1 Å². The molecule has 0 aromatic carbocycles. The summed E-state index contributed by atoms with van der Waals surface area (Å²) in [5.74, 6) is 0.479. The third-order valence-corrected chi connectivity index (χ3v) is 3.20. The van der Waals surface area contributed by atoms with Crippen LogP contribution >= 0.6 is 24.0 Å². The van der Waals surface area contributed by atoms with Crippen LogP contribution in [0.5, 0.6) is 0 Å². The Labute approximate surface area is 152 Å². The molecule has 3 N–H and O–H groups in total. The van der Waals surface area contributed by atoms with Crippen molar-refractivity contribution in [3.63, 3.8) is 0 Å². The van der Waals surface area contributed by atoms with Gasteiger partial charge in [-0.2, -0.15) is 0 Å². The van der Waals surface area contributed by atoms with Crippen LogP contribution in [0.15, 0.2) is 29.5 Å². The highest BCUT2D eigenvalue weighted by Gasteiger charge is 2.27. The number of aromatic nitrogens is 1. The van der Waals surface area contributed by atoms with Crippen LogP contribution in [-0.2, 0) is 11.3 Å². The Morgan fingerprint density at radius 2 is 2.00 bits per heavy atom. The number of aliphatic imine (C=N–C) groups is 1. The Morgan fingerprint density at radius 1 is 1.26 bits per heavy atom. The number of hydrogen-bond donors (Lipinski definition) is 3. The summed E-state index contributed by atoms with van der Waals surface area (Å²) in [6.07, 6.45) is 4.01. The standard InChI is InChI=1S/C14H22N6O2.HI/c1-2-15-13(16-5-9-19-7-3-4-8-19)17-6-10-20-12(21)11-18-14(20)22;/h3-4,7-8H,2,5-6,9-11H2,1H3,(H,18,22)(H2,15,16,17);1H. The number of carbonyl (C=O) groups excluding carboxylic acids is 2. The Bertz CT molecular complexity index is 515. The Kier molecular flexibility index (Phi) is 8.45. The molecule has 23 heavy (non-hydrogen) atoms. The number of halogens is 1. The van der Waals surface area contributed by atoms with E-state index in [1.807, 2.05) is 31.5 Å². The summed E-state index contributed by atoms with van der Waals surface area (Å²) in [6, 6.07) is 3.63. The van der Waals surface area contributed by atoms with E-state index in [-0.39, 0.29) is 42.5 Å². The average molecular weight is 434 g/mol. The van der Waals surface area contributed by atoms with Crippen LogP contribution in [0, 0.1) is 0 Å². The molecule has 1 fully saturated rings.